The van der Waals surface area contributed by atoms with E-state index in [1.54, 1.807) is 12.5 Å². The number of rotatable bonds is 3. The highest BCUT2D eigenvalue weighted by atomic mass is 79.9. The third-order valence-corrected chi connectivity index (χ3v) is 4.04. The van der Waals surface area contributed by atoms with Crippen molar-refractivity contribution < 1.29 is 4.42 Å². The molecule has 0 saturated heterocycles. The van der Waals surface area contributed by atoms with Crippen LogP contribution in [0.4, 0.5) is 5.82 Å². The van der Waals surface area contributed by atoms with E-state index >= 15 is 0 Å². The first-order chi connectivity index (χ1) is 9.08. The fourth-order valence-corrected chi connectivity index (χ4v) is 2.22. The monoisotopic (exact) mass is 359 g/mol. The van der Waals surface area contributed by atoms with E-state index in [2.05, 4.69) is 31.5 Å². The highest BCUT2D eigenvalue weighted by molar-refractivity contribution is 9.10. The summed E-state index contributed by atoms with van der Waals surface area (Å²) in [7, 11) is 0. The lowest BCUT2D eigenvalue weighted by molar-refractivity contribution is 0.503. The molecule has 0 amide bonds. The maximum atomic E-state index is 5.97. The Morgan fingerprint density at radius 1 is 1.58 bits per heavy atom. The van der Waals surface area contributed by atoms with Crippen LogP contribution in [0.3, 0.4) is 0 Å². The highest BCUT2D eigenvalue weighted by Gasteiger charge is 2.09. The highest BCUT2D eigenvalue weighted by Crippen LogP contribution is 2.28. The first kappa shape index (κ1) is 14.3. The maximum Gasteiger partial charge on any atom is 0.172 e. The van der Waals surface area contributed by atoms with Gasteiger partial charge in [0.25, 0.3) is 0 Å². The fourth-order valence-electron chi connectivity index (χ4n) is 1.38. The molecular formula is C12H11BrClN3OS. The number of anilines is 1. The second-order valence-electron chi connectivity index (χ2n) is 3.78. The first-order valence-electron chi connectivity index (χ1n) is 5.45. The second kappa shape index (κ2) is 6.36. The summed E-state index contributed by atoms with van der Waals surface area (Å²) < 4.78 is 5.99. The van der Waals surface area contributed by atoms with Gasteiger partial charge in [0, 0.05) is 6.20 Å². The number of hydrogen-bond acceptors (Lipinski definition) is 3. The Morgan fingerprint density at radius 3 is 3.05 bits per heavy atom. The van der Waals surface area contributed by atoms with E-state index in [0.717, 1.165) is 15.8 Å². The van der Waals surface area contributed by atoms with Crippen LogP contribution < -0.4 is 10.6 Å². The molecule has 0 aliphatic heterocycles. The van der Waals surface area contributed by atoms with Gasteiger partial charge in [-0.15, -0.1) is 0 Å². The zero-order valence-electron chi connectivity index (χ0n) is 10.0. The Bertz CT molecular complexity index is 589. The standard InChI is InChI=1S/C12H11BrClN3OS/c1-7-9(14)6-15-11(10(7)13)17-12(19)16-5-8-3-2-4-18-8/h2-4,6H,5H2,1H3,(H2,15,16,17,19). The molecule has 0 saturated carbocycles. The predicted molar refractivity (Wildman–Crippen MR) is 83.5 cm³/mol. The zero-order valence-corrected chi connectivity index (χ0v) is 13.2. The summed E-state index contributed by atoms with van der Waals surface area (Å²) in [5.74, 6) is 1.43. The van der Waals surface area contributed by atoms with Gasteiger partial charge in [-0.1, -0.05) is 11.6 Å². The summed E-state index contributed by atoms with van der Waals surface area (Å²) in [5, 5.41) is 7.10. The Morgan fingerprint density at radius 2 is 2.37 bits per heavy atom. The van der Waals surface area contributed by atoms with Crippen LogP contribution in [-0.4, -0.2) is 10.1 Å². The quantitative estimate of drug-likeness (QED) is 0.813. The van der Waals surface area contributed by atoms with Crippen LogP contribution in [0.2, 0.25) is 5.02 Å². The number of aromatic nitrogens is 1. The fraction of sp³-hybridized carbons (Fsp3) is 0.167. The van der Waals surface area contributed by atoms with E-state index in [1.807, 2.05) is 19.1 Å². The average Bonchev–Trinajstić information content (AvgIpc) is 2.90. The van der Waals surface area contributed by atoms with Crippen LogP contribution in [0.25, 0.3) is 0 Å². The lowest BCUT2D eigenvalue weighted by Crippen LogP contribution is -2.28. The largest absolute Gasteiger partial charge is 0.467 e. The first-order valence-corrected chi connectivity index (χ1v) is 7.03. The van der Waals surface area contributed by atoms with E-state index in [1.165, 1.54) is 0 Å². The molecule has 0 unspecified atom stereocenters. The third kappa shape index (κ3) is 3.68. The van der Waals surface area contributed by atoms with Crippen molar-refractivity contribution in [3.05, 3.63) is 45.4 Å². The van der Waals surface area contributed by atoms with Gasteiger partial charge < -0.3 is 15.1 Å². The molecule has 2 heterocycles. The lowest BCUT2D eigenvalue weighted by atomic mass is 10.3. The van der Waals surface area contributed by atoms with Crippen molar-refractivity contribution in [1.29, 1.82) is 0 Å². The molecule has 0 radical (unpaired) electrons. The summed E-state index contributed by atoms with van der Waals surface area (Å²) in [6, 6.07) is 3.70. The minimum absolute atomic E-state index is 0.464. The normalized spacial score (nSPS) is 10.3. The molecule has 0 spiro atoms. The van der Waals surface area contributed by atoms with Gasteiger partial charge in [0.05, 0.1) is 22.3 Å². The summed E-state index contributed by atoms with van der Waals surface area (Å²) in [6.45, 7) is 2.42. The van der Waals surface area contributed by atoms with E-state index < -0.39 is 0 Å². The SMILES string of the molecule is Cc1c(Cl)cnc(NC(=S)NCc2ccco2)c1Br. The number of furan rings is 1. The molecule has 4 nitrogen and oxygen atoms in total. The summed E-state index contributed by atoms with van der Waals surface area (Å²) >= 11 is 14.6. The van der Waals surface area contributed by atoms with Crippen molar-refractivity contribution >= 4 is 50.7 Å². The Labute approximate surface area is 129 Å². The number of nitrogens with one attached hydrogen (secondary N) is 2. The van der Waals surface area contributed by atoms with Crippen LogP contribution in [0.15, 0.2) is 33.5 Å². The number of halogens is 2. The van der Waals surface area contributed by atoms with E-state index in [0.29, 0.717) is 22.5 Å². The Hall–Kier alpha value is -1.11. The van der Waals surface area contributed by atoms with Gasteiger partial charge in [-0.2, -0.15) is 0 Å². The van der Waals surface area contributed by atoms with Crippen molar-refractivity contribution in [2.45, 2.75) is 13.5 Å². The maximum absolute atomic E-state index is 5.97. The van der Waals surface area contributed by atoms with Gasteiger partial charge in [0.15, 0.2) is 5.11 Å². The summed E-state index contributed by atoms with van der Waals surface area (Å²) in [6.07, 6.45) is 3.20. The van der Waals surface area contributed by atoms with Gasteiger partial charge in [0.1, 0.15) is 11.6 Å². The molecule has 0 aliphatic carbocycles. The van der Waals surface area contributed by atoms with Crippen LogP contribution >= 0.6 is 39.7 Å². The van der Waals surface area contributed by atoms with Crippen molar-refractivity contribution in [2.75, 3.05) is 5.32 Å². The van der Waals surface area contributed by atoms with E-state index in [4.69, 9.17) is 28.2 Å². The molecule has 100 valence electrons. The molecule has 0 atom stereocenters. The Balaban J connectivity index is 1.97. The molecule has 7 heteroatoms. The number of hydrogen-bond donors (Lipinski definition) is 2. The van der Waals surface area contributed by atoms with E-state index in [9.17, 15) is 0 Å². The molecule has 2 aromatic rings. The molecule has 2 aromatic heterocycles. The summed E-state index contributed by atoms with van der Waals surface area (Å²) in [4.78, 5) is 4.18. The minimum atomic E-state index is 0.464. The van der Waals surface area contributed by atoms with Gasteiger partial charge >= 0.3 is 0 Å². The minimum Gasteiger partial charge on any atom is -0.467 e. The molecule has 19 heavy (non-hydrogen) atoms. The topological polar surface area (TPSA) is 50.1 Å². The molecule has 2 rings (SSSR count). The molecule has 0 aliphatic rings. The predicted octanol–water partition coefficient (Wildman–Crippen LogP) is 3.89. The smallest absolute Gasteiger partial charge is 0.172 e. The van der Waals surface area contributed by atoms with Crippen LogP contribution in [-0.2, 0) is 6.54 Å². The molecule has 0 aromatic carbocycles. The van der Waals surface area contributed by atoms with Crippen LogP contribution in [0.5, 0.6) is 0 Å². The van der Waals surface area contributed by atoms with Crippen molar-refractivity contribution in [2.24, 2.45) is 0 Å². The second-order valence-corrected chi connectivity index (χ2v) is 5.39. The molecule has 0 fully saturated rings. The zero-order chi connectivity index (χ0) is 13.8. The number of nitrogens with zero attached hydrogens (tertiary/aromatic N) is 1. The third-order valence-electron chi connectivity index (χ3n) is 2.44. The number of thiocarbonyl (C=S) groups is 1. The average molecular weight is 361 g/mol. The van der Waals surface area contributed by atoms with Crippen LogP contribution in [0, 0.1) is 6.92 Å². The molecule has 0 bridgehead atoms. The van der Waals surface area contributed by atoms with Gasteiger partial charge in [-0.3, -0.25) is 0 Å². The van der Waals surface area contributed by atoms with Gasteiger partial charge in [-0.05, 0) is 52.8 Å². The van der Waals surface area contributed by atoms with Crippen molar-refractivity contribution in [3.8, 4) is 0 Å². The lowest BCUT2D eigenvalue weighted by Gasteiger charge is -2.12. The molecule has 2 N–H and O–H groups in total. The van der Waals surface area contributed by atoms with Crippen molar-refractivity contribution in [3.63, 3.8) is 0 Å². The summed E-state index contributed by atoms with van der Waals surface area (Å²) in [5.41, 5.74) is 0.910. The van der Waals surface area contributed by atoms with Crippen molar-refractivity contribution in [1.82, 2.24) is 10.3 Å². The molecular weight excluding hydrogens is 350 g/mol. The number of pyridine rings is 1. The Kier molecular flexibility index (Phi) is 4.79. The van der Waals surface area contributed by atoms with E-state index in [-0.39, 0.29) is 0 Å². The van der Waals surface area contributed by atoms with Gasteiger partial charge in [0.2, 0.25) is 0 Å². The van der Waals surface area contributed by atoms with Gasteiger partial charge in [-0.25, -0.2) is 4.98 Å². The van der Waals surface area contributed by atoms with Crippen LogP contribution in [0.1, 0.15) is 11.3 Å².